The normalized spacial score (nSPS) is 10.2. The third kappa shape index (κ3) is 3.44. The summed E-state index contributed by atoms with van der Waals surface area (Å²) in [5.41, 5.74) is 2.05. The summed E-state index contributed by atoms with van der Waals surface area (Å²) < 4.78 is 0.929. The maximum Gasteiger partial charge on any atom is 0.187 e. The van der Waals surface area contributed by atoms with E-state index in [1.54, 1.807) is 18.0 Å². The number of nitrogens with zero attached hydrogens (tertiary/aromatic N) is 2. The van der Waals surface area contributed by atoms with E-state index in [4.69, 9.17) is 0 Å². The largest absolute Gasteiger partial charge is 0.379 e. The number of hydrogen-bond acceptors (Lipinski definition) is 4. The van der Waals surface area contributed by atoms with Crippen LogP contribution in [-0.4, -0.2) is 16.2 Å². The number of halogens is 1. The van der Waals surface area contributed by atoms with Crippen molar-refractivity contribution in [1.82, 2.24) is 9.97 Å². The number of nitrogens with one attached hydrogen (secondary N) is 1. The monoisotopic (exact) mass is 309 g/mol. The molecule has 0 amide bonds. The van der Waals surface area contributed by atoms with Crippen LogP contribution in [0.1, 0.15) is 5.69 Å². The van der Waals surface area contributed by atoms with Gasteiger partial charge in [0.15, 0.2) is 5.16 Å². The Bertz CT molecular complexity index is 490. The molecule has 1 aromatic carbocycles. The molecule has 1 heterocycles. The van der Waals surface area contributed by atoms with Crippen molar-refractivity contribution in [2.45, 2.75) is 11.7 Å². The summed E-state index contributed by atoms with van der Waals surface area (Å²) >= 11 is 5.00. The summed E-state index contributed by atoms with van der Waals surface area (Å²) in [6.45, 7) is 0.681. The van der Waals surface area contributed by atoms with Crippen molar-refractivity contribution >= 4 is 33.4 Å². The lowest BCUT2D eigenvalue weighted by Crippen LogP contribution is -2.04. The second-order valence-electron chi connectivity index (χ2n) is 3.37. The van der Waals surface area contributed by atoms with Crippen LogP contribution in [0, 0.1) is 0 Å². The number of thioether (sulfide) groups is 1. The van der Waals surface area contributed by atoms with Gasteiger partial charge in [-0.3, -0.25) is 0 Å². The molecular weight excluding hydrogens is 298 g/mol. The molecular formula is C12H12BrN3S. The Balaban J connectivity index is 2.08. The van der Waals surface area contributed by atoms with Crippen molar-refractivity contribution in [2.24, 2.45) is 0 Å². The van der Waals surface area contributed by atoms with Crippen LogP contribution in [0.15, 0.2) is 46.2 Å². The molecule has 0 aliphatic heterocycles. The van der Waals surface area contributed by atoms with E-state index in [0.29, 0.717) is 6.54 Å². The smallest absolute Gasteiger partial charge is 0.187 e. The molecule has 0 spiro atoms. The molecule has 2 rings (SSSR count). The molecule has 2 aromatic rings. The van der Waals surface area contributed by atoms with Gasteiger partial charge in [-0.05, 0) is 34.3 Å². The fourth-order valence-electron chi connectivity index (χ4n) is 1.35. The van der Waals surface area contributed by atoms with Gasteiger partial charge < -0.3 is 5.32 Å². The van der Waals surface area contributed by atoms with E-state index in [-0.39, 0.29) is 0 Å². The highest BCUT2D eigenvalue weighted by molar-refractivity contribution is 9.10. The second-order valence-corrected chi connectivity index (χ2v) is 5.00. The average Bonchev–Trinajstić information content (AvgIpc) is 2.39. The lowest BCUT2D eigenvalue weighted by molar-refractivity contribution is 0.885. The molecule has 0 fully saturated rings. The van der Waals surface area contributed by atoms with E-state index in [0.717, 1.165) is 21.0 Å². The zero-order valence-corrected chi connectivity index (χ0v) is 11.8. The predicted molar refractivity (Wildman–Crippen MR) is 75.3 cm³/mol. The Morgan fingerprint density at radius 1 is 1.29 bits per heavy atom. The van der Waals surface area contributed by atoms with Gasteiger partial charge in [0.2, 0.25) is 0 Å². The molecule has 1 aromatic heterocycles. The van der Waals surface area contributed by atoms with Gasteiger partial charge in [-0.1, -0.05) is 30.0 Å². The zero-order valence-electron chi connectivity index (χ0n) is 9.35. The third-order valence-corrected chi connectivity index (χ3v) is 3.44. The predicted octanol–water partition coefficient (Wildman–Crippen LogP) is 3.57. The van der Waals surface area contributed by atoms with Gasteiger partial charge in [-0.2, -0.15) is 0 Å². The van der Waals surface area contributed by atoms with Crippen LogP contribution in [0.3, 0.4) is 0 Å². The molecule has 17 heavy (non-hydrogen) atoms. The highest BCUT2D eigenvalue weighted by Crippen LogP contribution is 2.18. The second kappa shape index (κ2) is 6.02. The first-order chi connectivity index (χ1) is 8.29. The van der Waals surface area contributed by atoms with Crippen LogP contribution in [0.2, 0.25) is 0 Å². The maximum absolute atomic E-state index is 4.45. The van der Waals surface area contributed by atoms with Crippen LogP contribution >= 0.6 is 27.7 Å². The number of benzene rings is 1. The van der Waals surface area contributed by atoms with Gasteiger partial charge in [0.1, 0.15) is 0 Å². The molecule has 1 N–H and O–H groups in total. The fourth-order valence-corrected chi connectivity index (χ4v) is 2.04. The number of aromatic nitrogens is 2. The van der Waals surface area contributed by atoms with Crippen LogP contribution in [0.25, 0.3) is 0 Å². The third-order valence-electron chi connectivity index (χ3n) is 2.21. The van der Waals surface area contributed by atoms with Crippen LogP contribution in [0.5, 0.6) is 0 Å². The van der Waals surface area contributed by atoms with Crippen LogP contribution < -0.4 is 5.32 Å². The van der Waals surface area contributed by atoms with E-state index in [1.165, 1.54) is 0 Å². The summed E-state index contributed by atoms with van der Waals surface area (Å²) in [6.07, 6.45) is 3.76. The molecule has 0 bridgehead atoms. The average molecular weight is 310 g/mol. The fraction of sp³-hybridized carbons (Fsp3) is 0.167. The first-order valence-corrected chi connectivity index (χ1v) is 7.15. The van der Waals surface area contributed by atoms with Crippen molar-refractivity contribution in [3.8, 4) is 0 Å². The quantitative estimate of drug-likeness (QED) is 0.692. The summed E-state index contributed by atoms with van der Waals surface area (Å²) in [5, 5.41) is 4.11. The van der Waals surface area contributed by atoms with Gasteiger partial charge in [-0.25, -0.2) is 9.97 Å². The molecule has 5 heteroatoms. The Hall–Kier alpha value is -1.07. The van der Waals surface area contributed by atoms with E-state index in [9.17, 15) is 0 Å². The minimum Gasteiger partial charge on any atom is -0.379 e. The van der Waals surface area contributed by atoms with Gasteiger partial charge in [-0.15, -0.1) is 0 Å². The Morgan fingerprint density at radius 2 is 2.06 bits per heavy atom. The van der Waals surface area contributed by atoms with E-state index in [1.807, 2.05) is 36.6 Å². The topological polar surface area (TPSA) is 37.8 Å². The summed E-state index contributed by atoms with van der Waals surface area (Å²) in [5.74, 6) is 0. The Labute approximate surface area is 113 Å². The van der Waals surface area contributed by atoms with E-state index in [2.05, 4.69) is 31.2 Å². The summed E-state index contributed by atoms with van der Waals surface area (Å²) in [4.78, 5) is 8.64. The SMILES string of the molecule is CSc1ncc(Br)c(CNc2ccccc2)n1. The molecule has 3 nitrogen and oxygen atoms in total. The standard InChI is InChI=1S/C12H12BrN3S/c1-17-12-15-7-10(13)11(16-12)8-14-9-5-3-2-4-6-9/h2-7,14H,8H2,1H3. The first-order valence-electron chi connectivity index (χ1n) is 5.14. The Morgan fingerprint density at radius 3 is 2.76 bits per heavy atom. The number of para-hydroxylation sites is 1. The van der Waals surface area contributed by atoms with Gasteiger partial charge in [0.05, 0.1) is 16.7 Å². The van der Waals surface area contributed by atoms with Crippen molar-refractivity contribution in [1.29, 1.82) is 0 Å². The summed E-state index contributed by atoms with van der Waals surface area (Å²) in [6, 6.07) is 10.1. The molecule has 0 unspecified atom stereocenters. The molecule has 0 aliphatic carbocycles. The van der Waals surface area contributed by atoms with Crippen LogP contribution in [0.4, 0.5) is 5.69 Å². The minimum absolute atomic E-state index is 0.681. The van der Waals surface area contributed by atoms with Crippen molar-refractivity contribution in [3.05, 3.63) is 46.7 Å². The first kappa shape index (κ1) is 12.4. The number of anilines is 1. The molecule has 0 radical (unpaired) electrons. The zero-order chi connectivity index (χ0) is 12.1. The maximum atomic E-state index is 4.45. The lowest BCUT2D eigenvalue weighted by Gasteiger charge is -2.07. The lowest BCUT2D eigenvalue weighted by atomic mass is 10.3. The summed E-state index contributed by atoms with van der Waals surface area (Å²) in [7, 11) is 0. The van der Waals surface area contributed by atoms with Gasteiger partial charge in [0.25, 0.3) is 0 Å². The van der Waals surface area contributed by atoms with E-state index < -0.39 is 0 Å². The highest BCUT2D eigenvalue weighted by Gasteiger charge is 2.04. The minimum atomic E-state index is 0.681. The Kier molecular flexibility index (Phi) is 4.39. The molecule has 0 saturated heterocycles. The highest BCUT2D eigenvalue weighted by atomic mass is 79.9. The number of rotatable bonds is 4. The van der Waals surface area contributed by atoms with Crippen molar-refractivity contribution in [3.63, 3.8) is 0 Å². The molecule has 88 valence electrons. The molecule has 0 aliphatic rings. The molecule has 0 saturated carbocycles. The van der Waals surface area contributed by atoms with E-state index >= 15 is 0 Å². The van der Waals surface area contributed by atoms with Gasteiger partial charge >= 0.3 is 0 Å². The van der Waals surface area contributed by atoms with Crippen LogP contribution in [-0.2, 0) is 6.54 Å². The number of hydrogen-bond donors (Lipinski definition) is 1. The van der Waals surface area contributed by atoms with Gasteiger partial charge in [0, 0.05) is 11.9 Å². The van der Waals surface area contributed by atoms with Crippen molar-refractivity contribution in [2.75, 3.05) is 11.6 Å². The van der Waals surface area contributed by atoms with Crippen molar-refractivity contribution < 1.29 is 0 Å². The molecule has 0 atom stereocenters.